The second-order valence-electron chi connectivity index (χ2n) is 4.43. The molecule has 106 valence electrons. The minimum Gasteiger partial charge on any atom is -0.480 e. The van der Waals surface area contributed by atoms with Crippen LogP contribution in [0.3, 0.4) is 0 Å². The minimum absolute atomic E-state index is 0.0520. The Morgan fingerprint density at radius 1 is 1.47 bits per heavy atom. The van der Waals surface area contributed by atoms with Gasteiger partial charge in [0.25, 0.3) is 0 Å². The molecule has 0 aliphatic carbocycles. The Labute approximate surface area is 110 Å². The van der Waals surface area contributed by atoms with Crippen molar-refractivity contribution in [3.8, 4) is 0 Å². The molecule has 1 amide bonds. The Bertz CT molecular complexity index is 371. The number of hydrogen-bond donors (Lipinski definition) is 1. The average Bonchev–Trinajstić information content (AvgIpc) is 2.43. The summed E-state index contributed by atoms with van der Waals surface area (Å²) in [6, 6.07) is -1.34. The van der Waals surface area contributed by atoms with E-state index >= 15 is 0 Å². The second-order valence-corrected chi connectivity index (χ2v) is 4.43. The molecule has 0 radical (unpaired) electrons. The quantitative estimate of drug-likeness (QED) is 0.741. The summed E-state index contributed by atoms with van der Waals surface area (Å²) < 4.78 is 15.7. The molecule has 1 N–H and O–H groups in total. The van der Waals surface area contributed by atoms with Gasteiger partial charge in [0.05, 0.1) is 19.3 Å². The Kier molecular flexibility index (Phi) is 4.39. The number of ether oxygens (including phenoxy) is 3. The Hall–Kier alpha value is -1.60. The number of carbonyl (C=O) groups is 2. The summed E-state index contributed by atoms with van der Waals surface area (Å²) >= 11 is 0. The van der Waals surface area contributed by atoms with E-state index in [1.165, 1.54) is 11.0 Å². The van der Waals surface area contributed by atoms with Crippen molar-refractivity contribution < 1.29 is 28.9 Å². The van der Waals surface area contributed by atoms with Gasteiger partial charge in [-0.2, -0.15) is 0 Å². The van der Waals surface area contributed by atoms with E-state index < -0.39 is 18.1 Å². The van der Waals surface area contributed by atoms with Crippen molar-refractivity contribution in [2.24, 2.45) is 0 Å². The van der Waals surface area contributed by atoms with Gasteiger partial charge in [-0.3, -0.25) is 4.90 Å². The monoisotopic (exact) mass is 271 g/mol. The third-order valence-corrected chi connectivity index (χ3v) is 3.25. The largest absolute Gasteiger partial charge is 0.480 e. The van der Waals surface area contributed by atoms with Gasteiger partial charge in [-0.1, -0.05) is 12.7 Å². The molecule has 0 aromatic carbocycles. The smallest absolute Gasteiger partial charge is 0.411 e. The van der Waals surface area contributed by atoms with Crippen LogP contribution in [0, 0.1) is 0 Å². The average molecular weight is 271 g/mol. The minimum atomic E-state index is -1.10. The SMILES string of the molecule is C=CCOC(=O)N1C(C(=O)O)CO[C@H]2COCC[C@H]21. The summed E-state index contributed by atoms with van der Waals surface area (Å²) in [6.45, 7) is 4.29. The highest BCUT2D eigenvalue weighted by Crippen LogP contribution is 2.26. The van der Waals surface area contributed by atoms with Gasteiger partial charge in [0, 0.05) is 6.61 Å². The number of fused-ring (bicyclic) bond motifs is 1. The Balaban J connectivity index is 2.16. The molecule has 7 heteroatoms. The maximum Gasteiger partial charge on any atom is 0.411 e. The van der Waals surface area contributed by atoms with Crippen LogP contribution >= 0.6 is 0 Å². The molecule has 2 aliphatic rings. The molecule has 0 spiro atoms. The lowest BCUT2D eigenvalue weighted by Gasteiger charge is -2.45. The highest BCUT2D eigenvalue weighted by molar-refractivity contribution is 5.80. The van der Waals surface area contributed by atoms with Gasteiger partial charge in [0.2, 0.25) is 0 Å². The third-order valence-electron chi connectivity index (χ3n) is 3.25. The van der Waals surface area contributed by atoms with Crippen molar-refractivity contribution >= 4 is 12.1 Å². The Morgan fingerprint density at radius 3 is 2.95 bits per heavy atom. The molecule has 2 saturated heterocycles. The highest BCUT2D eigenvalue weighted by atomic mass is 16.6. The van der Waals surface area contributed by atoms with Crippen LogP contribution in [0.1, 0.15) is 6.42 Å². The maximum atomic E-state index is 12.0. The van der Waals surface area contributed by atoms with Gasteiger partial charge in [-0.15, -0.1) is 0 Å². The van der Waals surface area contributed by atoms with Crippen LogP contribution in [0.15, 0.2) is 12.7 Å². The number of nitrogens with zero attached hydrogens (tertiary/aromatic N) is 1. The van der Waals surface area contributed by atoms with Crippen LogP contribution in [0.25, 0.3) is 0 Å². The van der Waals surface area contributed by atoms with Crippen LogP contribution in [0.5, 0.6) is 0 Å². The lowest BCUT2D eigenvalue weighted by atomic mass is 10.00. The number of aliphatic carboxylic acids is 1. The number of carbonyl (C=O) groups excluding carboxylic acids is 1. The van der Waals surface area contributed by atoms with E-state index in [-0.39, 0.29) is 25.4 Å². The topological polar surface area (TPSA) is 85.3 Å². The molecule has 2 aliphatic heterocycles. The van der Waals surface area contributed by atoms with E-state index in [1.807, 2.05) is 0 Å². The summed E-state index contributed by atoms with van der Waals surface area (Å²) in [4.78, 5) is 24.5. The fourth-order valence-corrected chi connectivity index (χ4v) is 2.36. The predicted octanol–water partition coefficient (Wildman–Crippen LogP) is 0.252. The lowest BCUT2D eigenvalue weighted by Crippen LogP contribution is -2.63. The van der Waals surface area contributed by atoms with E-state index in [1.54, 1.807) is 0 Å². The first-order valence-electron chi connectivity index (χ1n) is 6.13. The number of amides is 1. The molecular weight excluding hydrogens is 254 g/mol. The van der Waals surface area contributed by atoms with Gasteiger partial charge in [-0.25, -0.2) is 9.59 Å². The van der Waals surface area contributed by atoms with Gasteiger partial charge in [0.1, 0.15) is 12.7 Å². The molecule has 0 aromatic heterocycles. The van der Waals surface area contributed by atoms with E-state index in [0.29, 0.717) is 19.6 Å². The third kappa shape index (κ3) is 2.87. The van der Waals surface area contributed by atoms with Gasteiger partial charge in [0.15, 0.2) is 6.04 Å². The Morgan fingerprint density at radius 2 is 2.26 bits per heavy atom. The molecule has 0 saturated carbocycles. The second kappa shape index (κ2) is 6.03. The van der Waals surface area contributed by atoms with Crippen LogP contribution in [-0.4, -0.2) is 66.7 Å². The van der Waals surface area contributed by atoms with E-state index in [9.17, 15) is 14.7 Å². The van der Waals surface area contributed by atoms with E-state index in [2.05, 4.69) is 6.58 Å². The standard InChI is InChI=1S/C12H17NO6/c1-2-4-18-12(16)13-8-3-5-17-7-10(8)19-6-9(13)11(14)15/h2,8-10H,1,3-7H2,(H,14,15)/t8-,9?,10+/m1/s1. The molecule has 1 unspecified atom stereocenters. The molecule has 7 nitrogen and oxygen atoms in total. The zero-order chi connectivity index (χ0) is 13.8. The normalized spacial score (nSPS) is 30.3. The first-order chi connectivity index (χ1) is 9.15. The summed E-state index contributed by atoms with van der Waals surface area (Å²) in [6.07, 6.45) is 1.04. The first kappa shape index (κ1) is 13.8. The number of hydrogen-bond acceptors (Lipinski definition) is 5. The fraction of sp³-hybridized carbons (Fsp3) is 0.667. The fourth-order valence-electron chi connectivity index (χ4n) is 2.36. The van der Waals surface area contributed by atoms with Crippen molar-refractivity contribution in [1.29, 1.82) is 0 Å². The summed E-state index contributed by atoms with van der Waals surface area (Å²) in [5.41, 5.74) is 0. The molecular formula is C12H17NO6. The van der Waals surface area contributed by atoms with Crippen molar-refractivity contribution in [2.75, 3.05) is 26.4 Å². The highest BCUT2D eigenvalue weighted by Gasteiger charge is 2.46. The van der Waals surface area contributed by atoms with E-state index in [4.69, 9.17) is 14.2 Å². The maximum absolute atomic E-state index is 12.0. The van der Waals surface area contributed by atoms with Crippen LogP contribution in [0.4, 0.5) is 4.79 Å². The molecule has 0 aromatic rings. The predicted molar refractivity (Wildman–Crippen MR) is 63.8 cm³/mol. The van der Waals surface area contributed by atoms with E-state index in [0.717, 1.165) is 0 Å². The molecule has 0 bridgehead atoms. The van der Waals surface area contributed by atoms with Crippen molar-refractivity contribution in [1.82, 2.24) is 4.90 Å². The van der Waals surface area contributed by atoms with Gasteiger partial charge < -0.3 is 19.3 Å². The molecule has 3 atom stereocenters. The van der Waals surface area contributed by atoms with Crippen molar-refractivity contribution in [2.45, 2.75) is 24.6 Å². The lowest BCUT2D eigenvalue weighted by molar-refractivity contribution is -0.172. The summed E-state index contributed by atoms with van der Waals surface area (Å²) in [5.74, 6) is -1.10. The van der Waals surface area contributed by atoms with Crippen molar-refractivity contribution in [3.63, 3.8) is 0 Å². The van der Waals surface area contributed by atoms with Crippen LogP contribution in [0.2, 0.25) is 0 Å². The number of carboxylic acids is 1. The summed E-state index contributed by atoms with van der Waals surface area (Å²) in [7, 11) is 0. The number of carboxylic acid groups (broad SMARTS) is 1. The summed E-state index contributed by atoms with van der Waals surface area (Å²) in [5, 5.41) is 9.19. The first-order valence-corrected chi connectivity index (χ1v) is 6.13. The molecule has 19 heavy (non-hydrogen) atoms. The van der Waals surface area contributed by atoms with Crippen LogP contribution in [-0.2, 0) is 19.0 Å². The number of morpholine rings is 1. The van der Waals surface area contributed by atoms with Gasteiger partial charge in [-0.05, 0) is 6.42 Å². The molecule has 2 fully saturated rings. The van der Waals surface area contributed by atoms with Crippen molar-refractivity contribution in [3.05, 3.63) is 12.7 Å². The molecule has 2 rings (SSSR count). The van der Waals surface area contributed by atoms with Crippen LogP contribution < -0.4 is 0 Å². The zero-order valence-corrected chi connectivity index (χ0v) is 10.5. The molecule has 2 heterocycles. The van der Waals surface area contributed by atoms with Gasteiger partial charge >= 0.3 is 12.1 Å². The number of rotatable bonds is 3. The zero-order valence-electron chi connectivity index (χ0n) is 10.5.